The van der Waals surface area contributed by atoms with Gasteiger partial charge in [0.05, 0.1) is 19.2 Å². The fourth-order valence-electron chi connectivity index (χ4n) is 2.98. The van der Waals surface area contributed by atoms with E-state index in [9.17, 15) is 14.4 Å². The molecule has 2 aromatic rings. The first-order valence-electron chi connectivity index (χ1n) is 8.50. The van der Waals surface area contributed by atoms with E-state index in [1.807, 2.05) is 0 Å². The maximum absolute atomic E-state index is 12.8. The molecule has 1 saturated heterocycles. The van der Waals surface area contributed by atoms with Gasteiger partial charge < -0.3 is 15.0 Å². The molecule has 0 unspecified atom stereocenters. The van der Waals surface area contributed by atoms with Crippen molar-refractivity contribution in [1.82, 2.24) is 4.90 Å². The van der Waals surface area contributed by atoms with Crippen LogP contribution in [0.1, 0.15) is 16.8 Å². The van der Waals surface area contributed by atoms with E-state index in [-0.39, 0.29) is 24.1 Å². The first-order chi connectivity index (χ1) is 12.9. The molecule has 1 N–H and O–H groups in total. The summed E-state index contributed by atoms with van der Waals surface area (Å²) in [5.41, 5.74) is 1.65. The molecule has 3 amide bonds. The molecule has 1 heterocycles. The number of carbonyl (C=O) groups excluding carboxylic acids is 3. The Balaban J connectivity index is 1.77. The Hall–Kier alpha value is -3.35. The monoisotopic (exact) mass is 367 g/mol. The Labute approximate surface area is 157 Å². The molecule has 7 nitrogen and oxygen atoms in total. The summed E-state index contributed by atoms with van der Waals surface area (Å²) in [5, 5.41) is 3.08. The van der Waals surface area contributed by atoms with Gasteiger partial charge >= 0.3 is 0 Å². The van der Waals surface area contributed by atoms with Crippen LogP contribution in [0.15, 0.2) is 48.5 Å². The van der Waals surface area contributed by atoms with Gasteiger partial charge in [-0.05, 0) is 36.4 Å². The quantitative estimate of drug-likeness (QED) is 0.819. The number of hydrogen-bond acceptors (Lipinski definition) is 5. The average molecular weight is 367 g/mol. The predicted molar refractivity (Wildman–Crippen MR) is 102 cm³/mol. The predicted octanol–water partition coefficient (Wildman–Crippen LogP) is 2.14. The van der Waals surface area contributed by atoms with Crippen LogP contribution >= 0.6 is 0 Å². The lowest BCUT2D eigenvalue weighted by atomic mass is 10.1. The molecule has 0 saturated carbocycles. The topological polar surface area (TPSA) is 79.0 Å². The van der Waals surface area contributed by atoms with E-state index in [0.717, 1.165) is 4.90 Å². The Kier molecular flexibility index (Phi) is 5.12. The summed E-state index contributed by atoms with van der Waals surface area (Å²) in [6.07, 6.45) is 0.0509. The molecule has 2 aromatic carbocycles. The number of benzene rings is 2. The first kappa shape index (κ1) is 18.4. The molecule has 0 aromatic heterocycles. The SMILES string of the molecule is COc1ccccc1N1C(=O)C[C@H](Nc2ccc(C(=O)N(C)C)cc2)C1=O. The highest BCUT2D eigenvalue weighted by molar-refractivity contribution is 6.23. The van der Waals surface area contributed by atoms with Crippen LogP contribution in [0.4, 0.5) is 11.4 Å². The van der Waals surface area contributed by atoms with Crippen molar-refractivity contribution in [1.29, 1.82) is 0 Å². The van der Waals surface area contributed by atoms with Crippen LogP contribution in [-0.4, -0.2) is 49.9 Å². The normalized spacial score (nSPS) is 16.4. The third kappa shape index (κ3) is 3.62. The summed E-state index contributed by atoms with van der Waals surface area (Å²) < 4.78 is 5.26. The first-order valence-corrected chi connectivity index (χ1v) is 8.50. The zero-order chi connectivity index (χ0) is 19.6. The molecule has 1 aliphatic heterocycles. The zero-order valence-corrected chi connectivity index (χ0v) is 15.4. The number of nitrogens with zero attached hydrogens (tertiary/aromatic N) is 2. The second-order valence-corrected chi connectivity index (χ2v) is 6.42. The van der Waals surface area contributed by atoms with Crippen LogP contribution in [0.25, 0.3) is 0 Å². The number of nitrogens with one attached hydrogen (secondary N) is 1. The van der Waals surface area contributed by atoms with E-state index < -0.39 is 6.04 Å². The number of ether oxygens (including phenoxy) is 1. The van der Waals surface area contributed by atoms with E-state index in [2.05, 4.69) is 5.32 Å². The van der Waals surface area contributed by atoms with Crippen molar-refractivity contribution < 1.29 is 19.1 Å². The fourth-order valence-corrected chi connectivity index (χ4v) is 2.98. The standard InChI is InChI=1S/C20H21N3O4/c1-22(2)19(25)13-8-10-14(11-9-13)21-15-12-18(24)23(20(15)26)16-6-4-5-7-17(16)27-3/h4-11,15,21H,12H2,1-3H3/t15-/m0/s1. The Morgan fingerprint density at radius 1 is 1.11 bits per heavy atom. The molecule has 1 aliphatic rings. The second kappa shape index (κ2) is 7.49. The van der Waals surface area contributed by atoms with Crippen molar-refractivity contribution in [2.24, 2.45) is 0 Å². The smallest absolute Gasteiger partial charge is 0.256 e. The molecule has 1 fully saturated rings. The molecule has 140 valence electrons. The summed E-state index contributed by atoms with van der Waals surface area (Å²) in [6.45, 7) is 0. The number of amides is 3. The van der Waals surface area contributed by atoms with Gasteiger partial charge in [-0.2, -0.15) is 0 Å². The fraction of sp³-hybridized carbons (Fsp3) is 0.250. The molecule has 7 heteroatoms. The van der Waals surface area contributed by atoms with Gasteiger partial charge in [-0.3, -0.25) is 14.4 Å². The lowest BCUT2D eigenvalue weighted by Crippen LogP contribution is -2.35. The van der Waals surface area contributed by atoms with Gasteiger partial charge in [-0.15, -0.1) is 0 Å². The Morgan fingerprint density at radius 2 is 1.78 bits per heavy atom. The van der Waals surface area contributed by atoms with Crippen LogP contribution in [0.5, 0.6) is 5.75 Å². The minimum absolute atomic E-state index is 0.0509. The van der Waals surface area contributed by atoms with Crippen LogP contribution in [0.2, 0.25) is 0 Å². The molecule has 0 bridgehead atoms. The van der Waals surface area contributed by atoms with Gasteiger partial charge in [-0.25, -0.2) is 4.90 Å². The van der Waals surface area contributed by atoms with Crippen molar-refractivity contribution in [3.8, 4) is 5.75 Å². The molecular formula is C20H21N3O4. The number of hydrogen-bond donors (Lipinski definition) is 1. The molecule has 0 spiro atoms. The minimum atomic E-state index is -0.669. The maximum Gasteiger partial charge on any atom is 0.256 e. The van der Waals surface area contributed by atoms with Crippen molar-refractivity contribution in [3.63, 3.8) is 0 Å². The third-order valence-corrected chi connectivity index (χ3v) is 4.35. The minimum Gasteiger partial charge on any atom is -0.495 e. The number of anilines is 2. The molecular weight excluding hydrogens is 346 g/mol. The van der Waals surface area contributed by atoms with Crippen molar-refractivity contribution in [3.05, 3.63) is 54.1 Å². The third-order valence-electron chi connectivity index (χ3n) is 4.35. The van der Waals surface area contributed by atoms with Crippen LogP contribution in [0.3, 0.4) is 0 Å². The van der Waals surface area contributed by atoms with Crippen molar-refractivity contribution >= 4 is 29.1 Å². The van der Waals surface area contributed by atoms with Crippen LogP contribution in [-0.2, 0) is 9.59 Å². The van der Waals surface area contributed by atoms with E-state index >= 15 is 0 Å². The number of para-hydroxylation sites is 2. The maximum atomic E-state index is 12.8. The van der Waals surface area contributed by atoms with E-state index in [4.69, 9.17) is 4.74 Å². The number of rotatable bonds is 5. The summed E-state index contributed by atoms with van der Waals surface area (Å²) in [6, 6.07) is 13.1. The van der Waals surface area contributed by atoms with Gasteiger partial charge in [0.2, 0.25) is 5.91 Å². The summed E-state index contributed by atoms with van der Waals surface area (Å²) in [5.74, 6) is -0.262. The van der Waals surface area contributed by atoms with Gasteiger partial charge in [0, 0.05) is 25.3 Å². The lowest BCUT2D eigenvalue weighted by molar-refractivity contribution is -0.121. The van der Waals surface area contributed by atoms with Crippen molar-refractivity contribution in [2.75, 3.05) is 31.4 Å². The summed E-state index contributed by atoms with van der Waals surface area (Å²) >= 11 is 0. The molecule has 27 heavy (non-hydrogen) atoms. The highest BCUT2D eigenvalue weighted by Gasteiger charge is 2.40. The highest BCUT2D eigenvalue weighted by atomic mass is 16.5. The highest BCUT2D eigenvalue weighted by Crippen LogP contribution is 2.32. The summed E-state index contributed by atoms with van der Waals surface area (Å²) in [7, 11) is 4.86. The molecule has 3 rings (SSSR count). The Bertz CT molecular complexity index is 877. The molecule has 1 atom stereocenters. The van der Waals surface area contributed by atoms with Gasteiger partial charge in [0.15, 0.2) is 0 Å². The van der Waals surface area contributed by atoms with E-state index in [0.29, 0.717) is 22.7 Å². The molecule has 0 radical (unpaired) electrons. The average Bonchev–Trinajstić information content (AvgIpc) is 2.94. The number of methoxy groups -OCH3 is 1. The van der Waals surface area contributed by atoms with E-state index in [1.54, 1.807) is 62.6 Å². The Morgan fingerprint density at radius 3 is 2.41 bits per heavy atom. The molecule has 0 aliphatic carbocycles. The number of carbonyl (C=O) groups is 3. The number of imide groups is 1. The summed E-state index contributed by atoms with van der Waals surface area (Å²) in [4.78, 5) is 39.8. The van der Waals surface area contributed by atoms with Gasteiger partial charge in [-0.1, -0.05) is 12.1 Å². The zero-order valence-electron chi connectivity index (χ0n) is 15.4. The van der Waals surface area contributed by atoms with Gasteiger partial charge in [0.25, 0.3) is 11.8 Å². The lowest BCUT2D eigenvalue weighted by Gasteiger charge is -2.18. The largest absolute Gasteiger partial charge is 0.495 e. The van der Waals surface area contributed by atoms with Gasteiger partial charge in [0.1, 0.15) is 11.8 Å². The van der Waals surface area contributed by atoms with Crippen LogP contribution < -0.4 is 15.0 Å². The van der Waals surface area contributed by atoms with Crippen LogP contribution in [0, 0.1) is 0 Å². The second-order valence-electron chi connectivity index (χ2n) is 6.42. The van der Waals surface area contributed by atoms with E-state index in [1.165, 1.54) is 12.0 Å². The van der Waals surface area contributed by atoms with Crippen molar-refractivity contribution in [2.45, 2.75) is 12.5 Å².